The summed E-state index contributed by atoms with van der Waals surface area (Å²) in [5, 5.41) is 9.33. The Morgan fingerprint density at radius 2 is 1.55 bits per heavy atom. The Labute approximate surface area is 118 Å². The van der Waals surface area contributed by atoms with Crippen molar-refractivity contribution in [3.8, 4) is 0 Å². The van der Waals surface area contributed by atoms with E-state index >= 15 is 0 Å². The molecule has 2 atom stereocenters. The number of sulfone groups is 1. The van der Waals surface area contributed by atoms with Gasteiger partial charge in [-0.25, -0.2) is 8.42 Å². The minimum absolute atomic E-state index is 0.195. The molecule has 2 aromatic rings. The minimum atomic E-state index is -3.61. The lowest BCUT2D eigenvalue weighted by molar-refractivity contribution is 0.176. The summed E-state index contributed by atoms with van der Waals surface area (Å²) >= 11 is 0. The van der Waals surface area contributed by atoms with Gasteiger partial charge in [-0.05, 0) is 25.1 Å². The predicted octanol–water partition coefficient (Wildman–Crippen LogP) is 2.16. The monoisotopic (exact) mass is 291 g/mol. The molecule has 5 heteroatoms. The summed E-state index contributed by atoms with van der Waals surface area (Å²) in [6.07, 6.45) is -1.17. The van der Waals surface area contributed by atoms with Gasteiger partial charge in [-0.1, -0.05) is 36.4 Å². The van der Waals surface area contributed by atoms with E-state index in [-0.39, 0.29) is 4.90 Å². The lowest BCUT2D eigenvalue weighted by Crippen LogP contribution is -2.26. The molecule has 2 unspecified atom stereocenters. The van der Waals surface area contributed by atoms with Crippen LogP contribution in [0, 0.1) is 0 Å². The smallest absolute Gasteiger partial charge is 0.183 e. The molecule has 0 saturated carbocycles. The molecule has 0 aliphatic rings. The zero-order chi connectivity index (χ0) is 14.8. The summed E-state index contributed by atoms with van der Waals surface area (Å²) in [5.74, 6) is 0. The number of nitrogen functional groups attached to an aromatic ring is 1. The molecule has 106 valence electrons. The molecule has 2 rings (SSSR count). The third-order valence-electron chi connectivity index (χ3n) is 3.32. The summed E-state index contributed by atoms with van der Waals surface area (Å²) in [6, 6.07) is 14.8. The normalized spacial score (nSPS) is 14.7. The molecule has 0 saturated heterocycles. The molecule has 0 radical (unpaired) electrons. The fraction of sp³-hybridized carbons (Fsp3) is 0.200. The summed E-state index contributed by atoms with van der Waals surface area (Å²) < 4.78 is 24.9. The molecular weight excluding hydrogens is 274 g/mol. The van der Waals surface area contributed by atoms with E-state index in [0.717, 1.165) is 0 Å². The maximum atomic E-state index is 12.5. The van der Waals surface area contributed by atoms with Crippen LogP contribution in [0.4, 0.5) is 5.69 Å². The van der Waals surface area contributed by atoms with Crippen LogP contribution in [0.2, 0.25) is 0 Å². The van der Waals surface area contributed by atoms with Crippen LogP contribution in [0.15, 0.2) is 59.5 Å². The second-order valence-electron chi connectivity index (χ2n) is 4.64. The van der Waals surface area contributed by atoms with E-state index in [4.69, 9.17) is 5.73 Å². The van der Waals surface area contributed by atoms with Crippen molar-refractivity contribution in [1.29, 1.82) is 0 Å². The van der Waals surface area contributed by atoms with Gasteiger partial charge in [0.25, 0.3) is 0 Å². The summed E-state index contributed by atoms with van der Waals surface area (Å²) in [6.45, 7) is 1.49. The van der Waals surface area contributed by atoms with E-state index < -0.39 is 21.2 Å². The van der Waals surface area contributed by atoms with Gasteiger partial charge in [-0.2, -0.15) is 0 Å². The van der Waals surface area contributed by atoms with Crippen LogP contribution in [-0.2, 0) is 9.84 Å². The number of para-hydroxylation sites is 1. The summed E-state index contributed by atoms with van der Waals surface area (Å²) in [7, 11) is -3.61. The zero-order valence-corrected chi connectivity index (χ0v) is 11.9. The largest absolute Gasteiger partial charge is 0.398 e. The Morgan fingerprint density at radius 3 is 2.15 bits per heavy atom. The Kier molecular flexibility index (Phi) is 4.11. The van der Waals surface area contributed by atoms with Crippen LogP contribution >= 0.6 is 0 Å². The van der Waals surface area contributed by atoms with Crippen molar-refractivity contribution in [1.82, 2.24) is 0 Å². The Balaban J connectivity index is 2.37. The average molecular weight is 291 g/mol. The number of hydrogen-bond donors (Lipinski definition) is 2. The molecule has 4 nitrogen and oxygen atoms in total. The van der Waals surface area contributed by atoms with E-state index in [9.17, 15) is 13.5 Å². The molecule has 0 aromatic heterocycles. The van der Waals surface area contributed by atoms with Crippen molar-refractivity contribution >= 4 is 15.5 Å². The first-order chi connectivity index (χ1) is 9.44. The highest BCUT2D eigenvalue weighted by molar-refractivity contribution is 7.92. The third kappa shape index (κ3) is 2.69. The Hall–Kier alpha value is -1.85. The number of benzene rings is 2. The molecule has 0 amide bonds. The van der Waals surface area contributed by atoms with Gasteiger partial charge in [0.05, 0.1) is 16.2 Å². The lowest BCUT2D eigenvalue weighted by atomic mass is 10.1. The topological polar surface area (TPSA) is 80.4 Å². The average Bonchev–Trinajstić information content (AvgIpc) is 2.47. The van der Waals surface area contributed by atoms with E-state index in [0.29, 0.717) is 11.3 Å². The molecule has 0 heterocycles. The molecule has 0 fully saturated rings. The van der Waals surface area contributed by atoms with Gasteiger partial charge in [-0.15, -0.1) is 0 Å². The van der Waals surface area contributed by atoms with Crippen molar-refractivity contribution in [2.45, 2.75) is 23.2 Å². The van der Waals surface area contributed by atoms with Crippen LogP contribution in [0.3, 0.4) is 0 Å². The number of rotatable bonds is 4. The van der Waals surface area contributed by atoms with Gasteiger partial charge in [0.2, 0.25) is 0 Å². The van der Waals surface area contributed by atoms with Crippen molar-refractivity contribution in [3.63, 3.8) is 0 Å². The lowest BCUT2D eigenvalue weighted by Gasteiger charge is -2.21. The first-order valence-electron chi connectivity index (χ1n) is 6.26. The highest BCUT2D eigenvalue weighted by Crippen LogP contribution is 2.29. The van der Waals surface area contributed by atoms with Gasteiger partial charge in [-0.3, -0.25) is 0 Å². The molecule has 0 aliphatic heterocycles. The zero-order valence-electron chi connectivity index (χ0n) is 11.1. The second kappa shape index (κ2) is 5.64. The van der Waals surface area contributed by atoms with Crippen molar-refractivity contribution in [3.05, 3.63) is 60.2 Å². The second-order valence-corrected chi connectivity index (χ2v) is 6.94. The number of nitrogens with two attached hydrogens (primary N) is 1. The predicted molar refractivity (Wildman–Crippen MR) is 78.9 cm³/mol. The quantitative estimate of drug-likeness (QED) is 0.846. The molecule has 3 N–H and O–H groups in total. The van der Waals surface area contributed by atoms with Gasteiger partial charge in [0, 0.05) is 11.3 Å². The SMILES string of the molecule is CC(C(O)c1ccccc1N)S(=O)(=O)c1ccccc1. The Morgan fingerprint density at radius 1 is 1.00 bits per heavy atom. The maximum Gasteiger partial charge on any atom is 0.183 e. The standard InChI is InChI=1S/C15H17NO3S/c1-11(15(17)13-9-5-6-10-14(13)16)20(18,19)12-7-3-2-4-8-12/h2-11,15,17H,16H2,1H3. The highest BCUT2D eigenvalue weighted by Gasteiger charge is 2.31. The van der Waals surface area contributed by atoms with Crippen molar-refractivity contribution in [2.24, 2.45) is 0 Å². The molecule has 2 aromatic carbocycles. The first-order valence-corrected chi connectivity index (χ1v) is 7.80. The fourth-order valence-corrected chi connectivity index (χ4v) is 3.48. The number of anilines is 1. The summed E-state index contributed by atoms with van der Waals surface area (Å²) in [5.41, 5.74) is 6.60. The van der Waals surface area contributed by atoms with Gasteiger partial charge >= 0.3 is 0 Å². The van der Waals surface area contributed by atoms with Crippen LogP contribution in [0.5, 0.6) is 0 Å². The van der Waals surface area contributed by atoms with E-state index in [1.54, 1.807) is 42.5 Å². The van der Waals surface area contributed by atoms with E-state index in [2.05, 4.69) is 0 Å². The van der Waals surface area contributed by atoms with Gasteiger partial charge < -0.3 is 10.8 Å². The number of hydrogen-bond acceptors (Lipinski definition) is 4. The van der Waals surface area contributed by atoms with Gasteiger partial charge in [0.1, 0.15) is 0 Å². The van der Waals surface area contributed by atoms with E-state index in [1.807, 2.05) is 0 Å². The molecule has 0 bridgehead atoms. The number of aliphatic hydroxyl groups is 1. The fourth-order valence-electron chi connectivity index (χ4n) is 2.03. The van der Waals surface area contributed by atoms with Crippen molar-refractivity contribution < 1.29 is 13.5 Å². The van der Waals surface area contributed by atoms with Crippen LogP contribution < -0.4 is 5.73 Å². The van der Waals surface area contributed by atoms with Crippen LogP contribution in [0.25, 0.3) is 0 Å². The van der Waals surface area contributed by atoms with Crippen molar-refractivity contribution in [2.75, 3.05) is 5.73 Å². The van der Waals surface area contributed by atoms with E-state index in [1.165, 1.54) is 19.1 Å². The first kappa shape index (κ1) is 14.6. The molecular formula is C15H17NO3S. The minimum Gasteiger partial charge on any atom is -0.398 e. The number of aliphatic hydroxyl groups excluding tert-OH is 1. The van der Waals surface area contributed by atoms with Gasteiger partial charge in [0.15, 0.2) is 9.84 Å². The highest BCUT2D eigenvalue weighted by atomic mass is 32.2. The molecule has 20 heavy (non-hydrogen) atoms. The molecule has 0 spiro atoms. The maximum absolute atomic E-state index is 12.5. The Bertz CT molecular complexity index is 683. The van der Waals surface area contributed by atoms with Crippen LogP contribution in [0.1, 0.15) is 18.6 Å². The third-order valence-corrected chi connectivity index (χ3v) is 5.49. The molecule has 0 aliphatic carbocycles. The summed E-state index contributed by atoms with van der Waals surface area (Å²) in [4.78, 5) is 0.195. The van der Waals surface area contributed by atoms with Crippen LogP contribution in [-0.4, -0.2) is 18.8 Å².